The molecule has 1 amide bonds. The molecule has 0 bridgehead atoms. The van der Waals surface area contributed by atoms with Gasteiger partial charge in [0.05, 0.1) is 5.52 Å². The van der Waals surface area contributed by atoms with Crippen molar-refractivity contribution in [1.82, 2.24) is 19.9 Å². The number of carbonyl (C=O) groups excluding carboxylic acids is 1. The molecule has 0 atom stereocenters. The fraction of sp³-hybridized carbons (Fsp3) is 0.481. The van der Waals surface area contributed by atoms with Crippen LogP contribution in [0.1, 0.15) is 35.4 Å². The van der Waals surface area contributed by atoms with E-state index in [1.807, 2.05) is 19.9 Å². The molecule has 7 heteroatoms. The molecule has 0 unspecified atom stereocenters. The molecule has 2 saturated heterocycles. The Kier molecular flexibility index (Phi) is 6.11. The van der Waals surface area contributed by atoms with Crippen molar-refractivity contribution >= 4 is 28.6 Å². The first-order valence-corrected chi connectivity index (χ1v) is 12.4. The van der Waals surface area contributed by atoms with Gasteiger partial charge < -0.3 is 14.7 Å². The van der Waals surface area contributed by atoms with Crippen molar-refractivity contribution in [2.75, 3.05) is 49.1 Å². The third kappa shape index (κ3) is 4.43. The number of aryl methyl sites for hydroxylation is 4. The molecule has 4 heterocycles. The average molecular weight is 459 g/mol. The second kappa shape index (κ2) is 9.20. The Hall–Kier alpha value is -3.22. The predicted octanol–water partition coefficient (Wildman–Crippen LogP) is 3.82. The molecule has 0 spiro atoms. The molecule has 2 aliphatic heterocycles. The summed E-state index contributed by atoms with van der Waals surface area (Å²) in [5.41, 5.74) is 5.51. The maximum atomic E-state index is 13.3. The van der Waals surface area contributed by atoms with Crippen LogP contribution in [-0.4, -0.2) is 65.0 Å². The van der Waals surface area contributed by atoms with Crippen LogP contribution in [0, 0.1) is 33.6 Å². The van der Waals surface area contributed by atoms with Crippen molar-refractivity contribution < 1.29 is 4.79 Å². The van der Waals surface area contributed by atoms with Crippen molar-refractivity contribution in [2.24, 2.45) is 5.92 Å². The van der Waals surface area contributed by atoms with Crippen LogP contribution in [0.5, 0.6) is 0 Å². The Morgan fingerprint density at radius 1 is 0.794 bits per heavy atom. The number of piperidine rings is 1. The molecule has 0 aliphatic carbocycles. The van der Waals surface area contributed by atoms with Gasteiger partial charge in [-0.05, 0) is 63.8 Å². The molecule has 34 heavy (non-hydrogen) atoms. The molecule has 2 aromatic heterocycles. The number of fused-ring (bicyclic) bond motifs is 1. The van der Waals surface area contributed by atoms with Gasteiger partial charge in [0.1, 0.15) is 5.82 Å². The van der Waals surface area contributed by atoms with Gasteiger partial charge in [-0.25, -0.2) is 15.0 Å². The van der Waals surface area contributed by atoms with Gasteiger partial charge in [0.2, 0.25) is 11.9 Å². The van der Waals surface area contributed by atoms with Crippen LogP contribution in [0.4, 0.5) is 11.8 Å². The van der Waals surface area contributed by atoms with E-state index in [1.165, 1.54) is 16.5 Å². The molecule has 5 rings (SSSR count). The molecular weight excluding hydrogens is 424 g/mol. The number of piperazine rings is 1. The molecule has 2 aliphatic rings. The Morgan fingerprint density at radius 3 is 2.15 bits per heavy atom. The SMILES string of the molecule is Cc1cc(C)nc(N2CCC(C(=O)N3CCN(c4cc(C)c5cccc(C)c5n4)CC3)CC2)n1. The average Bonchev–Trinajstić information content (AvgIpc) is 2.84. The van der Waals surface area contributed by atoms with Gasteiger partial charge in [-0.1, -0.05) is 18.2 Å². The topological polar surface area (TPSA) is 65.5 Å². The third-order valence-corrected chi connectivity index (χ3v) is 7.25. The van der Waals surface area contributed by atoms with Crippen LogP contribution in [0.3, 0.4) is 0 Å². The first kappa shape index (κ1) is 22.6. The summed E-state index contributed by atoms with van der Waals surface area (Å²) >= 11 is 0. The zero-order chi connectivity index (χ0) is 23.8. The summed E-state index contributed by atoms with van der Waals surface area (Å²) in [7, 11) is 0. The molecular formula is C27H34N6O. The van der Waals surface area contributed by atoms with E-state index in [9.17, 15) is 4.79 Å². The monoisotopic (exact) mass is 458 g/mol. The fourth-order valence-electron chi connectivity index (χ4n) is 5.30. The number of anilines is 2. The lowest BCUT2D eigenvalue weighted by atomic mass is 9.95. The van der Waals surface area contributed by atoms with Crippen molar-refractivity contribution in [2.45, 2.75) is 40.5 Å². The first-order valence-electron chi connectivity index (χ1n) is 12.4. The number of para-hydroxylation sites is 1. The van der Waals surface area contributed by atoms with Gasteiger partial charge in [-0.3, -0.25) is 4.79 Å². The number of carbonyl (C=O) groups is 1. The van der Waals surface area contributed by atoms with Crippen LogP contribution in [0.2, 0.25) is 0 Å². The Morgan fingerprint density at radius 2 is 1.47 bits per heavy atom. The molecule has 1 aromatic carbocycles. The molecule has 0 saturated carbocycles. The standard InChI is InChI=1S/C27H34N6O/c1-18-6-5-7-23-19(2)16-24(30-25(18)23)31-12-14-32(15-13-31)26(34)22-8-10-33(11-9-22)27-28-20(3)17-21(4)29-27/h5-7,16-17,22H,8-15H2,1-4H3. The van der Waals surface area contributed by atoms with Crippen LogP contribution in [0.15, 0.2) is 30.3 Å². The Balaban J connectivity index is 1.19. The highest BCUT2D eigenvalue weighted by molar-refractivity contribution is 5.86. The minimum Gasteiger partial charge on any atom is -0.353 e. The molecule has 7 nitrogen and oxygen atoms in total. The summed E-state index contributed by atoms with van der Waals surface area (Å²) in [6, 6.07) is 10.5. The maximum Gasteiger partial charge on any atom is 0.225 e. The zero-order valence-corrected chi connectivity index (χ0v) is 20.7. The van der Waals surface area contributed by atoms with Gasteiger partial charge in [0, 0.05) is 62.0 Å². The van der Waals surface area contributed by atoms with E-state index in [0.717, 1.165) is 80.8 Å². The zero-order valence-electron chi connectivity index (χ0n) is 20.7. The Labute approximate surface area is 201 Å². The molecule has 0 N–H and O–H groups in total. The number of pyridine rings is 1. The van der Waals surface area contributed by atoms with E-state index < -0.39 is 0 Å². The summed E-state index contributed by atoms with van der Waals surface area (Å²) in [5, 5.41) is 1.22. The molecule has 178 valence electrons. The van der Waals surface area contributed by atoms with Crippen molar-refractivity contribution in [3.05, 3.63) is 52.8 Å². The number of nitrogens with zero attached hydrogens (tertiary/aromatic N) is 6. The summed E-state index contributed by atoms with van der Waals surface area (Å²) in [5.74, 6) is 2.22. The smallest absolute Gasteiger partial charge is 0.225 e. The second-order valence-corrected chi connectivity index (χ2v) is 9.79. The normalized spacial score (nSPS) is 17.5. The number of rotatable bonds is 3. The van der Waals surface area contributed by atoms with Crippen LogP contribution < -0.4 is 9.80 Å². The number of hydrogen-bond acceptors (Lipinski definition) is 6. The number of amides is 1. The lowest BCUT2D eigenvalue weighted by Crippen LogP contribution is -2.52. The van der Waals surface area contributed by atoms with Crippen LogP contribution >= 0.6 is 0 Å². The van der Waals surface area contributed by atoms with E-state index in [0.29, 0.717) is 5.91 Å². The predicted molar refractivity (Wildman–Crippen MR) is 136 cm³/mol. The van der Waals surface area contributed by atoms with Gasteiger partial charge in [-0.2, -0.15) is 0 Å². The highest BCUT2D eigenvalue weighted by Gasteiger charge is 2.31. The molecule has 3 aromatic rings. The summed E-state index contributed by atoms with van der Waals surface area (Å²) in [6.45, 7) is 13.1. The highest BCUT2D eigenvalue weighted by Crippen LogP contribution is 2.27. The van der Waals surface area contributed by atoms with Gasteiger partial charge in [0.15, 0.2) is 0 Å². The second-order valence-electron chi connectivity index (χ2n) is 9.79. The molecule has 0 radical (unpaired) electrons. The summed E-state index contributed by atoms with van der Waals surface area (Å²) < 4.78 is 0. The fourth-order valence-corrected chi connectivity index (χ4v) is 5.30. The number of benzene rings is 1. The molecule has 2 fully saturated rings. The quantitative estimate of drug-likeness (QED) is 0.595. The highest BCUT2D eigenvalue weighted by atomic mass is 16.2. The van der Waals surface area contributed by atoms with Crippen molar-refractivity contribution in [3.63, 3.8) is 0 Å². The van der Waals surface area contributed by atoms with Crippen LogP contribution in [-0.2, 0) is 4.79 Å². The first-order chi connectivity index (χ1) is 16.4. The van der Waals surface area contributed by atoms with Crippen LogP contribution in [0.25, 0.3) is 10.9 Å². The van der Waals surface area contributed by atoms with Crippen molar-refractivity contribution in [1.29, 1.82) is 0 Å². The van der Waals surface area contributed by atoms with Gasteiger partial charge in [0.25, 0.3) is 0 Å². The summed E-state index contributed by atoms with van der Waals surface area (Å²) in [4.78, 5) is 34.0. The summed E-state index contributed by atoms with van der Waals surface area (Å²) in [6.07, 6.45) is 1.72. The van der Waals surface area contributed by atoms with Crippen molar-refractivity contribution in [3.8, 4) is 0 Å². The minimum atomic E-state index is 0.0948. The van der Waals surface area contributed by atoms with E-state index >= 15 is 0 Å². The van der Waals surface area contributed by atoms with E-state index in [2.05, 4.69) is 62.8 Å². The van der Waals surface area contributed by atoms with Gasteiger partial charge in [-0.15, -0.1) is 0 Å². The lowest BCUT2D eigenvalue weighted by molar-refractivity contribution is -0.136. The maximum absolute atomic E-state index is 13.3. The third-order valence-electron chi connectivity index (χ3n) is 7.25. The van der Waals surface area contributed by atoms with E-state index in [1.54, 1.807) is 0 Å². The van der Waals surface area contributed by atoms with E-state index in [4.69, 9.17) is 4.98 Å². The number of aromatic nitrogens is 3. The van der Waals surface area contributed by atoms with Gasteiger partial charge >= 0.3 is 0 Å². The Bertz CT molecular complexity index is 1190. The van der Waals surface area contributed by atoms with E-state index in [-0.39, 0.29) is 5.92 Å². The lowest BCUT2D eigenvalue weighted by Gasteiger charge is -2.39. The largest absolute Gasteiger partial charge is 0.353 e. The number of hydrogen-bond donors (Lipinski definition) is 0. The minimum absolute atomic E-state index is 0.0948.